The van der Waals surface area contributed by atoms with Gasteiger partial charge in [-0.1, -0.05) is 23.7 Å². The standard InChI is InChI=1S/C24H26ClNO4S/c1-24(2,23(29)30-3)14-21-22(31-12-4-11-27)19-13-18(28)9-10-20(19)26(21)15-16-5-7-17(25)8-6-16/h5-11,13,28H,4,12,14-15H2,1-3H3. The van der Waals surface area contributed by atoms with Gasteiger partial charge in [-0.25, -0.2) is 0 Å². The molecular weight excluding hydrogens is 434 g/mol. The Labute approximate surface area is 191 Å². The number of ether oxygens (including phenoxy) is 1. The van der Waals surface area contributed by atoms with Crippen LogP contribution in [0.5, 0.6) is 5.75 Å². The van der Waals surface area contributed by atoms with Crippen LogP contribution in [0, 0.1) is 5.41 Å². The van der Waals surface area contributed by atoms with Crippen molar-refractivity contribution in [2.45, 2.75) is 38.1 Å². The van der Waals surface area contributed by atoms with Crippen LogP contribution in [0.4, 0.5) is 0 Å². The molecule has 0 amide bonds. The number of hydrogen-bond donors (Lipinski definition) is 1. The Morgan fingerprint density at radius 2 is 1.94 bits per heavy atom. The summed E-state index contributed by atoms with van der Waals surface area (Å²) in [6.07, 6.45) is 1.77. The lowest BCUT2D eigenvalue weighted by Crippen LogP contribution is -2.29. The predicted molar refractivity (Wildman–Crippen MR) is 125 cm³/mol. The van der Waals surface area contributed by atoms with Gasteiger partial charge in [-0.05, 0) is 49.7 Å². The molecule has 7 heteroatoms. The van der Waals surface area contributed by atoms with Crippen LogP contribution in [0.3, 0.4) is 0 Å². The molecule has 0 saturated heterocycles. The smallest absolute Gasteiger partial charge is 0.311 e. The van der Waals surface area contributed by atoms with Gasteiger partial charge in [-0.2, -0.15) is 0 Å². The third-order valence-electron chi connectivity index (χ3n) is 5.19. The van der Waals surface area contributed by atoms with Gasteiger partial charge in [0.2, 0.25) is 0 Å². The van der Waals surface area contributed by atoms with Crippen molar-refractivity contribution in [1.82, 2.24) is 4.57 Å². The fourth-order valence-electron chi connectivity index (χ4n) is 3.63. The maximum Gasteiger partial charge on any atom is 0.311 e. The van der Waals surface area contributed by atoms with Gasteiger partial charge in [0, 0.05) is 51.7 Å². The van der Waals surface area contributed by atoms with Crippen LogP contribution in [0.25, 0.3) is 10.9 Å². The number of esters is 1. The molecule has 1 heterocycles. The summed E-state index contributed by atoms with van der Waals surface area (Å²) in [5, 5.41) is 11.7. The van der Waals surface area contributed by atoms with E-state index >= 15 is 0 Å². The van der Waals surface area contributed by atoms with Crippen molar-refractivity contribution in [3.8, 4) is 5.75 Å². The molecule has 31 heavy (non-hydrogen) atoms. The van der Waals surface area contributed by atoms with Crippen LogP contribution in [-0.4, -0.2) is 34.8 Å². The first-order valence-electron chi connectivity index (χ1n) is 10.00. The van der Waals surface area contributed by atoms with Crippen molar-refractivity contribution >= 4 is 46.5 Å². The maximum absolute atomic E-state index is 12.4. The minimum Gasteiger partial charge on any atom is -0.508 e. The summed E-state index contributed by atoms with van der Waals surface area (Å²) < 4.78 is 7.21. The highest BCUT2D eigenvalue weighted by molar-refractivity contribution is 7.99. The summed E-state index contributed by atoms with van der Waals surface area (Å²) in [5.74, 6) is 0.500. The summed E-state index contributed by atoms with van der Waals surface area (Å²) in [6.45, 7) is 4.31. The highest BCUT2D eigenvalue weighted by Crippen LogP contribution is 2.40. The molecule has 0 unspecified atom stereocenters. The summed E-state index contributed by atoms with van der Waals surface area (Å²) >= 11 is 7.62. The lowest BCUT2D eigenvalue weighted by atomic mass is 9.87. The van der Waals surface area contributed by atoms with E-state index in [-0.39, 0.29) is 11.7 Å². The Bertz CT molecular complexity index is 1090. The van der Waals surface area contributed by atoms with Gasteiger partial charge < -0.3 is 19.2 Å². The predicted octanol–water partition coefficient (Wildman–Crippen LogP) is 5.47. The molecular formula is C24H26ClNO4S. The molecule has 0 saturated carbocycles. The normalized spacial score (nSPS) is 11.6. The van der Waals surface area contributed by atoms with Crippen LogP contribution >= 0.6 is 23.4 Å². The number of halogens is 1. The summed E-state index contributed by atoms with van der Waals surface area (Å²) in [7, 11) is 1.39. The first-order valence-corrected chi connectivity index (χ1v) is 11.4. The fraction of sp³-hybridized carbons (Fsp3) is 0.333. The number of nitrogens with zero attached hydrogens (tertiary/aromatic N) is 1. The number of phenols is 1. The average molecular weight is 460 g/mol. The zero-order valence-electron chi connectivity index (χ0n) is 17.9. The van der Waals surface area contributed by atoms with E-state index in [0.717, 1.165) is 33.3 Å². The van der Waals surface area contributed by atoms with Crippen molar-refractivity contribution in [2.24, 2.45) is 5.41 Å². The molecule has 5 nitrogen and oxygen atoms in total. The van der Waals surface area contributed by atoms with E-state index in [4.69, 9.17) is 16.3 Å². The topological polar surface area (TPSA) is 68.5 Å². The van der Waals surface area contributed by atoms with E-state index in [1.54, 1.807) is 23.9 Å². The monoisotopic (exact) mass is 459 g/mol. The lowest BCUT2D eigenvalue weighted by Gasteiger charge is -2.23. The molecule has 0 aliphatic heterocycles. The average Bonchev–Trinajstić information content (AvgIpc) is 3.00. The van der Waals surface area contributed by atoms with E-state index < -0.39 is 5.41 Å². The number of fused-ring (bicyclic) bond motifs is 1. The Balaban J connectivity index is 2.18. The van der Waals surface area contributed by atoms with Crippen molar-refractivity contribution in [2.75, 3.05) is 12.9 Å². The number of carbonyl (C=O) groups is 2. The molecule has 0 aliphatic carbocycles. The number of rotatable bonds is 9. The van der Waals surface area contributed by atoms with E-state index in [2.05, 4.69) is 4.57 Å². The Kier molecular flexibility index (Phi) is 7.34. The molecule has 3 aromatic rings. The zero-order valence-corrected chi connectivity index (χ0v) is 19.4. The molecule has 0 spiro atoms. The van der Waals surface area contributed by atoms with Gasteiger partial charge in [0.15, 0.2) is 0 Å². The second-order valence-corrected chi connectivity index (χ2v) is 9.59. The zero-order chi connectivity index (χ0) is 22.6. The highest BCUT2D eigenvalue weighted by Gasteiger charge is 2.32. The lowest BCUT2D eigenvalue weighted by molar-refractivity contribution is -0.150. The van der Waals surface area contributed by atoms with E-state index in [1.165, 1.54) is 7.11 Å². The first kappa shape index (κ1) is 23.2. The van der Waals surface area contributed by atoms with Crippen LogP contribution < -0.4 is 0 Å². The van der Waals surface area contributed by atoms with E-state index in [0.29, 0.717) is 30.2 Å². The Hall–Kier alpha value is -2.44. The number of hydrogen-bond acceptors (Lipinski definition) is 5. The number of phenolic OH excluding ortho intramolecular Hbond substituents is 1. The van der Waals surface area contributed by atoms with Gasteiger partial charge >= 0.3 is 5.97 Å². The molecule has 3 rings (SSSR count). The van der Waals surface area contributed by atoms with Gasteiger partial charge in [-0.15, -0.1) is 11.8 Å². The van der Waals surface area contributed by atoms with Crippen molar-refractivity contribution in [3.05, 3.63) is 58.7 Å². The van der Waals surface area contributed by atoms with Gasteiger partial charge in [-0.3, -0.25) is 4.79 Å². The fourth-order valence-corrected chi connectivity index (χ4v) is 4.84. The third-order valence-corrected chi connectivity index (χ3v) is 6.62. The van der Waals surface area contributed by atoms with E-state index in [1.807, 2.05) is 44.2 Å². The third kappa shape index (κ3) is 5.25. The summed E-state index contributed by atoms with van der Waals surface area (Å²) in [6, 6.07) is 12.9. The quantitative estimate of drug-likeness (QED) is 0.199. The molecule has 1 N–H and O–H groups in total. The van der Waals surface area contributed by atoms with Crippen molar-refractivity contribution in [1.29, 1.82) is 0 Å². The number of carbonyl (C=O) groups excluding carboxylic acids is 2. The second kappa shape index (κ2) is 9.79. The summed E-state index contributed by atoms with van der Waals surface area (Å²) in [4.78, 5) is 24.3. The molecule has 164 valence electrons. The molecule has 0 bridgehead atoms. The van der Waals surface area contributed by atoms with E-state index in [9.17, 15) is 14.7 Å². The molecule has 1 aromatic heterocycles. The number of thioether (sulfide) groups is 1. The SMILES string of the molecule is COC(=O)C(C)(C)Cc1c(SCCC=O)c2cc(O)ccc2n1Cc1ccc(Cl)cc1. The van der Waals surface area contributed by atoms with Gasteiger partial charge in [0.1, 0.15) is 12.0 Å². The number of aldehydes is 1. The highest BCUT2D eigenvalue weighted by atomic mass is 35.5. The van der Waals surface area contributed by atoms with Crippen molar-refractivity contribution in [3.63, 3.8) is 0 Å². The van der Waals surface area contributed by atoms with Gasteiger partial charge in [0.25, 0.3) is 0 Å². The van der Waals surface area contributed by atoms with Crippen LogP contribution in [0.15, 0.2) is 47.4 Å². The second-order valence-electron chi connectivity index (χ2n) is 8.05. The Morgan fingerprint density at radius 1 is 1.23 bits per heavy atom. The van der Waals surface area contributed by atoms with Gasteiger partial charge in [0.05, 0.1) is 12.5 Å². The molecule has 0 fully saturated rings. The molecule has 0 atom stereocenters. The van der Waals surface area contributed by atoms with Crippen LogP contribution in [0.2, 0.25) is 5.02 Å². The number of aromatic nitrogens is 1. The molecule has 2 aromatic carbocycles. The minimum atomic E-state index is -0.747. The number of methoxy groups -OCH3 is 1. The number of aromatic hydroxyl groups is 1. The first-order chi connectivity index (χ1) is 14.8. The summed E-state index contributed by atoms with van der Waals surface area (Å²) in [5.41, 5.74) is 2.25. The van der Waals surface area contributed by atoms with Crippen molar-refractivity contribution < 1.29 is 19.4 Å². The minimum absolute atomic E-state index is 0.173. The Morgan fingerprint density at radius 3 is 2.58 bits per heavy atom. The van der Waals surface area contributed by atoms with Crippen LogP contribution in [0.1, 0.15) is 31.5 Å². The largest absolute Gasteiger partial charge is 0.508 e. The molecule has 0 aliphatic rings. The number of benzene rings is 2. The van der Waals surface area contributed by atoms with Crippen LogP contribution in [-0.2, 0) is 27.3 Å². The maximum atomic E-state index is 12.4. The molecule has 0 radical (unpaired) electrons.